The van der Waals surface area contributed by atoms with Gasteiger partial charge in [0.25, 0.3) is 0 Å². The van der Waals surface area contributed by atoms with Gasteiger partial charge in [0, 0.05) is 16.2 Å². The molecule has 0 amide bonds. The lowest BCUT2D eigenvalue weighted by Gasteiger charge is -2.12. The summed E-state index contributed by atoms with van der Waals surface area (Å²) in [6.07, 6.45) is -7.99. The van der Waals surface area contributed by atoms with Crippen molar-refractivity contribution in [1.82, 2.24) is 9.97 Å². The Morgan fingerprint density at radius 2 is 1.71 bits per heavy atom. The number of halogens is 7. The van der Waals surface area contributed by atoms with Gasteiger partial charge < -0.3 is 14.8 Å². The first-order valence-corrected chi connectivity index (χ1v) is 10.0. The number of hydrogen-bond acceptors (Lipinski definition) is 7. The molecule has 0 spiro atoms. The maximum Gasteiger partial charge on any atom is 0.573 e. The van der Waals surface area contributed by atoms with Crippen LogP contribution in [0.4, 0.5) is 43.8 Å². The predicted molar refractivity (Wildman–Crippen MR) is 115 cm³/mol. The van der Waals surface area contributed by atoms with Gasteiger partial charge in [-0.25, -0.2) is 0 Å². The van der Waals surface area contributed by atoms with E-state index in [1.54, 1.807) is 18.2 Å². The standard InChI is InChI=1S/C20H14BrF6N5O2/c21-13-3-1-2-12(8-13)10-28-32-16-9-17(33-11-19(22,23)24)31-18(30-16)29-14-4-6-15(7-5-14)34-20(25,26)27/h1-10H,11H2,(H2,29,30,31,32)/b28-10+. The number of aromatic nitrogens is 2. The Bertz CT molecular complexity index is 1140. The van der Waals surface area contributed by atoms with E-state index in [2.05, 4.69) is 51.2 Å². The fourth-order valence-corrected chi connectivity index (χ4v) is 2.81. The van der Waals surface area contributed by atoms with Crippen molar-refractivity contribution in [3.05, 3.63) is 64.6 Å². The van der Waals surface area contributed by atoms with Crippen LogP contribution in [-0.4, -0.2) is 35.3 Å². The Labute approximate surface area is 196 Å². The molecule has 0 aliphatic heterocycles. The molecule has 1 heterocycles. The molecule has 0 bridgehead atoms. The van der Waals surface area contributed by atoms with Crippen molar-refractivity contribution < 1.29 is 35.8 Å². The SMILES string of the molecule is FC(F)(F)COc1cc(N/N=C/c2cccc(Br)c2)nc(Nc2ccc(OC(F)(F)F)cc2)n1. The maximum absolute atomic E-state index is 12.5. The van der Waals surface area contributed by atoms with E-state index in [0.29, 0.717) is 0 Å². The summed E-state index contributed by atoms with van der Waals surface area (Å²) in [4.78, 5) is 7.91. The molecule has 0 fully saturated rings. The van der Waals surface area contributed by atoms with E-state index in [-0.39, 0.29) is 17.5 Å². The molecule has 0 aliphatic rings. The molecule has 0 aliphatic carbocycles. The van der Waals surface area contributed by atoms with Crippen molar-refractivity contribution in [2.75, 3.05) is 17.3 Å². The van der Waals surface area contributed by atoms with E-state index >= 15 is 0 Å². The van der Waals surface area contributed by atoms with Crippen molar-refractivity contribution in [2.45, 2.75) is 12.5 Å². The van der Waals surface area contributed by atoms with Crippen molar-refractivity contribution in [2.24, 2.45) is 5.10 Å². The van der Waals surface area contributed by atoms with Gasteiger partial charge in [0.2, 0.25) is 11.8 Å². The summed E-state index contributed by atoms with van der Waals surface area (Å²) in [5.41, 5.74) is 3.54. The molecule has 0 saturated heterocycles. The summed E-state index contributed by atoms with van der Waals surface area (Å²) in [5, 5.41) is 6.65. The van der Waals surface area contributed by atoms with Gasteiger partial charge >= 0.3 is 12.5 Å². The third kappa shape index (κ3) is 8.77. The minimum atomic E-state index is -4.85. The van der Waals surface area contributed by atoms with E-state index in [4.69, 9.17) is 0 Å². The summed E-state index contributed by atoms with van der Waals surface area (Å²) >= 11 is 3.32. The highest BCUT2D eigenvalue weighted by molar-refractivity contribution is 9.10. The number of ether oxygens (including phenoxy) is 2. The molecule has 180 valence electrons. The quantitative estimate of drug-likeness (QED) is 0.196. The summed E-state index contributed by atoms with van der Waals surface area (Å²) in [6, 6.07) is 12.8. The van der Waals surface area contributed by atoms with Crippen LogP contribution in [0, 0.1) is 0 Å². The van der Waals surface area contributed by atoms with Crippen LogP contribution in [0.2, 0.25) is 0 Å². The van der Waals surface area contributed by atoms with Crippen LogP contribution in [0.25, 0.3) is 0 Å². The number of benzene rings is 2. The third-order valence-corrected chi connectivity index (χ3v) is 4.17. The van der Waals surface area contributed by atoms with E-state index in [1.807, 2.05) is 6.07 Å². The fraction of sp³-hybridized carbons (Fsp3) is 0.150. The van der Waals surface area contributed by atoms with Crippen molar-refractivity contribution in [3.8, 4) is 11.6 Å². The lowest BCUT2D eigenvalue weighted by Crippen LogP contribution is -2.20. The molecule has 0 atom stereocenters. The first-order chi connectivity index (χ1) is 15.9. The van der Waals surface area contributed by atoms with Gasteiger partial charge in [0.1, 0.15) is 5.75 Å². The second-order valence-corrected chi connectivity index (χ2v) is 7.36. The average Bonchev–Trinajstić information content (AvgIpc) is 2.72. The average molecular weight is 550 g/mol. The number of nitrogens with zero attached hydrogens (tertiary/aromatic N) is 3. The zero-order chi connectivity index (χ0) is 24.8. The molecule has 0 saturated carbocycles. The first-order valence-electron chi connectivity index (χ1n) is 9.21. The molecule has 7 nitrogen and oxygen atoms in total. The van der Waals surface area contributed by atoms with Crippen LogP contribution >= 0.6 is 15.9 Å². The minimum absolute atomic E-state index is 0.00190. The zero-order valence-corrected chi connectivity index (χ0v) is 18.4. The van der Waals surface area contributed by atoms with Gasteiger partial charge in [-0.15, -0.1) is 13.2 Å². The van der Waals surface area contributed by atoms with Crippen LogP contribution in [0.15, 0.2) is 64.2 Å². The van der Waals surface area contributed by atoms with Crippen LogP contribution in [0.3, 0.4) is 0 Å². The lowest BCUT2D eigenvalue weighted by molar-refractivity contribution is -0.274. The Balaban J connectivity index is 1.78. The van der Waals surface area contributed by atoms with Gasteiger partial charge in [-0.2, -0.15) is 28.2 Å². The molecule has 2 N–H and O–H groups in total. The van der Waals surface area contributed by atoms with Crippen LogP contribution in [0.5, 0.6) is 11.6 Å². The summed E-state index contributed by atoms with van der Waals surface area (Å²) in [6.45, 7) is -1.59. The van der Waals surface area contributed by atoms with Gasteiger partial charge in [-0.1, -0.05) is 28.1 Å². The van der Waals surface area contributed by atoms with Crippen molar-refractivity contribution in [3.63, 3.8) is 0 Å². The Morgan fingerprint density at radius 1 is 0.971 bits per heavy atom. The molecule has 3 aromatic rings. The zero-order valence-electron chi connectivity index (χ0n) is 16.8. The van der Waals surface area contributed by atoms with Gasteiger partial charge in [-0.05, 0) is 42.0 Å². The van der Waals surface area contributed by atoms with Gasteiger partial charge in [0.05, 0.1) is 6.21 Å². The summed E-state index contributed by atoms with van der Waals surface area (Å²) in [5.74, 6) is -1.06. The van der Waals surface area contributed by atoms with Crippen molar-refractivity contribution >= 4 is 39.6 Å². The summed E-state index contributed by atoms with van der Waals surface area (Å²) < 4.78 is 83.8. The van der Waals surface area contributed by atoms with Crippen LogP contribution in [-0.2, 0) is 0 Å². The van der Waals surface area contributed by atoms with E-state index in [9.17, 15) is 26.3 Å². The highest BCUT2D eigenvalue weighted by Gasteiger charge is 2.31. The number of rotatable bonds is 8. The lowest BCUT2D eigenvalue weighted by atomic mass is 10.2. The predicted octanol–water partition coefficient (Wildman–Crippen LogP) is 6.27. The molecular weight excluding hydrogens is 536 g/mol. The van der Waals surface area contributed by atoms with Crippen molar-refractivity contribution in [1.29, 1.82) is 0 Å². The highest BCUT2D eigenvalue weighted by atomic mass is 79.9. The number of nitrogens with one attached hydrogen (secondary N) is 2. The highest BCUT2D eigenvalue weighted by Crippen LogP contribution is 2.26. The number of hydrazone groups is 1. The van der Waals surface area contributed by atoms with Crippen LogP contribution in [0.1, 0.15) is 5.56 Å². The molecule has 14 heteroatoms. The molecule has 1 aromatic heterocycles. The second-order valence-electron chi connectivity index (χ2n) is 6.44. The van der Waals surface area contributed by atoms with Crippen LogP contribution < -0.4 is 20.2 Å². The Hall–Kier alpha value is -3.55. The monoisotopic (exact) mass is 549 g/mol. The normalized spacial score (nSPS) is 12.0. The third-order valence-electron chi connectivity index (χ3n) is 3.67. The fourth-order valence-electron chi connectivity index (χ4n) is 2.40. The van der Waals surface area contributed by atoms with Gasteiger partial charge in [-0.3, -0.25) is 5.43 Å². The van der Waals surface area contributed by atoms with E-state index < -0.39 is 30.8 Å². The minimum Gasteiger partial charge on any atom is -0.468 e. The second kappa shape index (κ2) is 10.6. The first kappa shape index (κ1) is 25.1. The van der Waals surface area contributed by atoms with E-state index in [1.165, 1.54) is 18.3 Å². The Kier molecular flexibility index (Phi) is 7.81. The molecule has 34 heavy (non-hydrogen) atoms. The largest absolute Gasteiger partial charge is 0.573 e. The summed E-state index contributed by atoms with van der Waals surface area (Å²) in [7, 11) is 0. The number of hydrogen-bond donors (Lipinski definition) is 2. The van der Waals surface area contributed by atoms with Gasteiger partial charge in [0.15, 0.2) is 12.4 Å². The molecular formula is C20H14BrF6N5O2. The molecule has 3 rings (SSSR count). The Morgan fingerprint density at radius 3 is 2.35 bits per heavy atom. The van der Waals surface area contributed by atoms with E-state index in [0.717, 1.165) is 28.2 Å². The molecule has 2 aromatic carbocycles. The topological polar surface area (TPSA) is 80.7 Å². The smallest absolute Gasteiger partial charge is 0.468 e. The number of anilines is 3. The molecule has 0 unspecified atom stereocenters. The number of alkyl halides is 6. The maximum atomic E-state index is 12.5. The molecule has 0 radical (unpaired) electrons.